The van der Waals surface area contributed by atoms with Crippen LogP contribution in [-0.2, 0) is 14.8 Å². The predicted molar refractivity (Wildman–Crippen MR) is 56.1 cm³/mol. The highest BCUT2D eigenvalue weighted by molar-refractivity contribution is 8.00. The first kappa shape index (κ1) is 12.9. The van der Waals surface area contributed by atoms with Crippen molar-refractivity contribution in [1.29, 1.82) is 0 Å². The maximum absolute atomic E-state index is 13.3. The smallest absolute Gasteiger partial charge is 0.313 e. The Balaban J connectivity index is 2.96. The van der Waals surface area contributed by atoms with Crippen molar-refractivity contribution in [3.05, 3.63) is 24.0 Å². The minimum Gasteiger partial charge on any atom is -0.481 e. The first-order valence-electron chi connectivity index (χ1n) is 3.97. The Hall–Kier alpha value is -1.12. The molecule has 1 rings (SSSR count). The molecular formula is C8H8FNO4S2. The average molecular weight is 265 g/mol. The van der Waals surface area contributed by atoms with Crippen molar-refractivity contribution in [1.82, 2.24) is 0 Å². The van der Waals surface area contributed by atoms with Crippen LogP contribution in [0.3, 0.4) is 0 Å². The Kier molecular flexibility index (Phi) is 3.89. The van der Waals surface area contributed by atoms with Crippen LogP contribution in [0.15, 0.2) is 28.0 Å². The highest BCUT2D eigenvalue weighted by Gasteiger charge is 2.12. The van der Waals surface area contributed by atoms with Crippen molar-refractivity contribution >= 4 is 27.8 Å². The zero-order valence-corrected chi connectivity index (χ0v) is 9.52. The maximum Gasteiger partial charge on any atom is 0.313 e. The quantitative estimate of drug-likeness (QED) is 0.779. The van der Waals surface area contributed by atoms with Gasteiger partial charge >= 0.3 is 5.97 Å². The van der Waals surface area contributed by atoms with Gasteiger partial charge in [-0.25, -0.2) is 17.9 Å². The zero-order chi connectivity index (χ0) is 12.3. The van der Waals surface area contributed by atoms with Gasteiger partial charge in [0.05, 0.1) is 10.6 Å². The summed E-state index contributed by atoms with van der Waals surface area (Å²) in [6, 6.07) is 3.07. The van der Waals surface area contributed by atoms with Gasteiger partial charge in [-0.05, 0) is 18.2 Å². The first-order chi connectivity index (χ1) is 7.30. The van der Waals surface area contributed by atoms with Crippen LogP contribution in [-0.4, -0.2) is 25.2 Å². The van der Waals surface area contributed by atoms with E-state index in [9.17, 15) is 17.6 Å². The van der Waals surface area contributed by atoms with Gasteiger partial charge in [0, 0.05) is 4.90 Å². The van der Waals surface area contributed by atoms with Crippen molar-refractivity contribution in [3.63, 3.8) is 0 Å². The number of carboxylic acid groups (broad SMARTS) is 1. The fraction of sp³-hybridized carbons (Fsp3) is 0.125. The Bertz CT molecular complexity index is 515. The van der Waals surface area contributed by atoms with Crippen molar-refractivity contribution in [2.24, 2.45) is 5.14 Å². The van der Waals surface area contributed by atoms with Gasteiger partial charge in [0.1, 0.15) is 5.82 Å². The van der Waals surface area contributed by atoms with Gasteiger partial charge in [-0.3, -0.25) is 4.79 Å². The topological polar surface area (TPSA) is 97.5 Å². The minimum atomic E-state index is -3.94. The van der Waals surface area contributed by atoms with Crippen molar-refractivity contribution in [2.45, 2.75) is 9.79 Å². The van der Waals surface area contributed by atoms with E-state index in [0.29, 0.717) is 0 Å². The summed E-state index contributed by atoms with van der Waals surface area (Å²) in [5.41, 5.74) is 0. The number of primary sulfonamides is 1. The van der Waals surface area contributed by atoms with E-state index in [1.54, 1.807) is 0 Å². The molecule has 0 aliphatic rings. The molecule has 0 fully saturated rings. The molecule has 0 saturated heterocycles. The molecule has 0 amide bonds. The molecule has 0 bridgehead atoms. The van der Waals surface area contributed by atoms with E-state index in [1.807, 2.05) is 0 Å². The molecular weight excluding hydrogens is 257 g/mol. The van der Waals surface area contributed by atoms with Crippen LogP contribution in [0.4, 0.5) is 4.39 Å². The number of carbonyl (C=O) groups is 1. The lowest BCUT2D eigenvalue weighted by molar-refractivity contribution is -0.133. The summed E-state index contributed by atoms with van der Waals surface area (Å²) in [4.78, 5) is 9.97. The van der Waals surface area contributed by atoms with E-state index in [1.165, 1.54) is 6.07 Å². The Labute approximate surface area is 95.5 Å². The van der Waals surface area contributed by atoms with Crippen LogP contribution >= 0.6 is 11.8 Å². The molecule has 0 atom stereocenters. The first-order valence-corrected chi connectivity index (χ1v) is 6.51. The largest absolute Gasteiger partial charge is 0.481 e. The summed E-state index contributed by atoms with van der Waals surface area (Å²) < 4.78 is 35.0. The van der Waals surface area contributed by atoms with Gasteiger partial charge in [0.15, 0.2) is 0 Å². The standard InChI is InChI=1S/C8H8FNO4S2/c9-6-3-5(16(10,13)14)1-2-7(6)15-4-8(11)12/h1-3H,4H2,(H,11,12)(H2,10,13,14). The fourth-order valence-corrected chi connectivity index (χ4v) is 2.08. The molecule has 88 valence electrons. The van der Waals surface area contributed by atoms with Crippen molar-refractivity contribution in [2.75, 3.05) is 5.75 Å². The molecule has 0 aromatic heterocycles. The van der Waals surface area contributed by atoms with Gasteiger partial charge in [-0.2, -0.15) is 0 Å². The van der Waals surface area contributed by atoms with Crippen LogP contribution in [0.2, 0.25) is 0 Å². The molecule has 0 aliphatic carbocycles. The van der Waals surface area contributed by atoms with Gasteiger partial charge in [-0.15, -0.1) is 11.8 Å². The van der Waals surface area contributed by atoms with Crippen LogP contribution in [0.25, 0.3) is 0 Å². The monoisotopic (exact) mass is 265 g/mol. The number of hydrogen-bond donors (Lipinski definition) is 2. The number of benzene rings is 1. The Morgan fingerprint density at radius 2 is 2.12 bits per heavy atom. The number of thioether (sulfide) groups is 1. The van der Waals surface area contributed by atoms with Gasteiger partial charge in [0.25, 0.3) is 0 Å². The van der Waals surface area contributed by atoms with Crippen molar-refractivity contribution < 1.29 is 22.7 Å². The molecule has 1 aromatic carbocycles. The Morgan fingerprint density at radius 3 is 2.56 bits per heavy atom. The van der Waals surface area contributed by atoms with Crippen LogP contribution in [0, 0.1) is 5.82 Å². The molecule has 1 aromatic rings. The van der Waals surface area contributed by atoms with E-state index in [-0.39, 0.29) is 15.5 Å². The average Bonchev–Trinajstić information content (AvgIpc) is 2.14. The molecule has 0 heterocycles. The number of hydrogen-bond acceptors (Lipinski definition) is 4. The second-order valence-corrected chi connectivity index (χ2v) is 5.40. The van der Waals surface area contributed by atoms with Crippen LogP contribution < -0.4 is 5.14 Å². The zero-order valence-electron chi connectivity index (χ0n) is 7.88. The normalized spacial score (nSPS) is 11.4. The molecule has 0 unspecified atom stereocenters. The lowest BCUT2D eigenvalue weighted by Crippen LogP contribution is -2.12. The number of aliphatic carboxylic acids is 1. The summed E-state index contributed by atoms with van der Waals surface area (Å²) in [7, 11) is -3.94. The number of rotatable bonds is 4. The summed E-state index contributed by atoms with van der Waals surface area (Å²) in [6.45, 7) is 0. The number of halogens is 1. The summed E-state index contributed by atoms with van der Waals surface area (Å²) in [6.07, 6.45) is 0. The Morgan fingerprint density at radius 1 is 1.50 bits per heavy atom. The number of nitrogens with two attached hydrogens (primary N) is 1. The maximum atomic E-state index is 13.3. The third-order valence-corrected chi connectivity index (χ3v) is 3.53. The molecule has 0 aliphatic heterocycles. The van der Waals surface area contributed by atoms with Gasteiger partial charge in [0.2, 0.25) is 10.0 Å². The predicted octanol–water partition coefficient (Wildman–Crippen LogP) is 0.650. The van der Waals surface area contributed by atoms with Crippen LogP contribution in [0.5, 0.6) is 0 Å². The molecule has 5 nitrogen and oxygen atoms in total. The van der Waals surface area contributed by atoms with E-state index in [0.717, 1.165) is 23.9 Å². The lowest BCUT2D eigenvalue weighted by atomic mass is 10.3. The second-order valence-electron chi connectivity index (χ2n) is 2.82. The SMILES string of the molecule is NS(=O)(=O)c1ccc(SCC(=O)O)c(F)c1. The molecule has 0 radical (unpaired) electrons. The lowest BCUT2D eigenvalue weighted by Gasteiger charge is -2.03. The highest BCUT2D eigenvalue weighted by Crippen LogP contribution is 2.23. The van der Waals surface area contributed by atoms with Gasteiger partial charge < -0.3 is 5.11 Å². The third kappa shape index (κ3) is 3.47. The van der Waals surface area contributed by atoms with E-state index in [2.05, 4.69) is 0 Å². The second kappa shape index (κ2) is 4.81. The molecule has 0 saturated carbocycles. The van der Waals surface area contributed by atoms with E-state index < -0.39 is 21.8 Å². The molecule has 3 N–H and O–H groups in total. The number of sulfonamides is 1. The molecule has 16 heavy (non-hydrogen) atoms. The molecule has 0 spiro atoms. The fourth-order valence-electron chi connectivity index (χ4n) is 0.915. The summed E-state index contributed by atoms with van der Waals surface area (Å²) in [5.74, 6) is -2.19. The summed E-state index contributed by atoms with van der Waals surface area (Å²) in [5, 5.41) is 13.2. The number of carboxylic acids is 1. The van der Waals surface area contributed by atoms with Crippen molar-refractivity contribution in [3.8, 4) is 0 Å². The van der Waals surface area contributed by atoms with Crippen LogP contribution in [0.1, 0.15) is 0 Å². The van der Waals surface area contributed by atoms with Gasteiger partial charge in [-0.1, -0.05) is 0 Å². The minimum absolute atomic E-state index is 0.0646. The third-order valence-electron chi connectivity index (χ3n) is 1.58. The van der Waals surface area contributed by atoms with E-state index in [4.69, 9.17) is 10.2 Å². The summed E-state index contributed by atoms with van der Waals surface area (Å²) >= 11 is 0.764. The highest BCUT2D eigenvalue weighted by atomic mass is 32.2. The molecule has 8 heteroatoms. The van der Waals surface area contributed by atoms with E-state index >= 15 is 0 Å².